The Morgan fingerprint density at radius 2 is 2.00 bits per heavy atom. The number of hydrogen-bond acceptors (Lipinski definition) is 5. The number of aliphatic hydroxyl groups excluding tert-OH is 2. The van der Waals surface area contributed by atoms with Crippen LogP contribution in [0.4, 0.5) is 0 Å². The number of pyridine rings is 1. The van der Waals surface area contributed by atoms with E-state index >= 15 is 0 Å². The SMILES string of the molecule is NC(=O)C(O)C(O)c1ccc(CC(=O)O)nc1. The van der Waals surface area contributed by atoms with Gasteiger partial charge in [-0.1, -0.05) is 6.07 Å². The van der Waals surface area contributed by atoms with Crippen LogP contribution in [0.1, 0.15) is 17.4 Å². The fraction of sp³-hybridized carbons (Fsp3) is 0.300. The van der Waals surface area contributed by atoms with Gasteiger partial charge in [-0.2, -0.15) is 0 Å². The first-order valence-electron chi connectivity index (χ1n) is 4.74. The molecular weight excluding hydrogens is 228 g/mol. The van der Waals surface area contributed by atoms with Crippen molar-refractivity contribution in [2.75, 3.05) is 0 Å². The summed E-state index contributed by atoms with van der Waals surface area (Å²) in [6, 6.07) is 2.77. The molecule has 1 aromatic rings. The number of carbonyl (C=O) groups is 2. The molecule has 0 saturated heterocycles. The second-order valence-corrected chi connectivity index (χ2v) is 3.45. The molecule has 0 saturated carbocycles. The van der Waals surface area contributed by atoms with E-state index in [4.69, 9.17) is 10.8 Å². The van der Waals surface area contributed by atoms with Crippen LogP contribution in [0.3, 0.4) is 0 Å². The summed E-state index contributed by atoms with van der Waals surface area (Å²) in [5.41, 5.74) is 5.32. The Balaban J connectivity index is 2.80. The van der Waals surface area contributed by atoms with Crippen molar-refractivity contribution in [3.63, 3.8) is 0 Å². The van der Waals surface area contributed by atoms with Crippen LogP contribution in [-0.4, -0.2) is 38.3 Å². The number of amides is 1. The van der Waals surface area contributed by atoms with Gasteiger partial charge in [0, 0.05) is 11.8 Å². The molecule has 7 heteroatoms. The second-order valence-electron chi connectivity index (χ2n) is 3.45. The van der Waals surface area contributed by atoms with Crippen LogP contribution in [-0.2, 0) is 16.0 Å². The van der Waals surface area contributed by atoms with Gasteiger partial charge in [0.1, 0.15) is 6.10 Å². The summed E-state index contributed by atoms with van der Waals surface area (Å²) in [5, 5.41) is 27.3. The summed E-state index contributed by atoms with van der Waals surface area (Å²) >= 11 is 0. The number of nitrogens with two attached hydrogens (primary N) is 1. The lowest BCUT2D eigenvalue weighted by Crippen LogP contribution is -2.33. The van der Waals surface area contributed by atoms with E-state index in [9.17, 15) is 19.8 Å². The Morgan fingerprint density at radius 1 is 1.35 bits per heavy atom. The Hall–Kier alpha value is -1.99. The molecule has 0 aliphatic carbocycles. The van der Waals surface area contributed by atoms with Crippen LogP contribution in [0.5, 0.6) is 0 Å². The Labute approximate surface area is 96.5 Å². The Bertz CT molecular complexity index is 417. The zero-order valence-corrected chi connectivity index (χ0v) is 8.78. The fourth-order valence-electron chi connectivity index (χ4n) is 1.21. The number of rotatable bonds is 5. The van der Waals surface area contributed by atoms with Crippen LogP contribution >= 0.6 is 0 Å². The normalized spacial score (nSPS) is 14.0. The third-order valence-electron chi connectivity index (χ3n) is 2.11. The summed E-state index contributed by atoms with van der Waals surface area (Å²) in [4.78, 5) is 24.8. The van der Waals surface area contributed by atoms with Crippen molar-refractivity contribution in [1.82, 2.24) is 4.98 Å². The van der Waals surface area contributed by atoms with Gasteiger partial charge in [-0.15, -0.1) is 0 Å². The quantitative estimate of drug-likeness (QED) is 0.499. The third-order valence-corrected chi connectivity index (χ3v) is 2.11. The molecule has 2 unspecified atom stereocenters. The molecule has 2 atom stereocenters. The van der Waals surface area contributed by atoms with E-state index in [0.717, 1.165) is 0 Å². The number of carboxylic acids is 1. The van der Waals surface area contributed by atoms with E-state index in [2.05, 4.69) is 4.98 Å². The maximum atomic E-state index is 10.6. The second kappa shape index (κ2) is 5.37. The first-order valence-corrected chi connectivity index (χ1v) is 4.74. The minimum atomic E-state index is -1.72. The van der Waals surface area contributed by atoms with Crippen molar-refractivity contribution in [2.45, 2.75) is 18.6 Å². The molecule has 0 aliphatic heterocycles. The summed E-state index contributed by atoms with van der Waals surface area (Å²) in [6.45, 7) is 0. The molecular formula is C10H12N2O5. The van der Waals surface area contributed by atoms with Crippen LogP contribution in [0.2, 0.25) is 0 Å². The van der Waals surface area contributed by atoms with Gasteiger partial charge in [-0.3, -0.25) is 14.6 Å². The Morgan fingerprint density at radius 3 is 2.41 bits per heavy atom. The number of aliphatic hydroxyl groups is 2. The molecule has 7 nitrogen and oxygen atoms in total. The fourth-order valence-corrected chi connectivity index (χ4v) is 1.21. The molecule has 0 fully saturated rings. The van der Waals surface area contributed by atoms with Crippen LogP contribution in [0.25, 0.3) is 0 Å². The van der Waals surface area contributed by atoms with Gasteiger partial charge in [0.15, 0.2) is 6.10 Å². The monoisotopic (exact) mass is 240 g/mol. The molecule has 1 amide bonds. The summed E-state index contributed by atoms with van der Waals surface area (Å²) < 4.78 is 0. The van der Waals surface area contributed by atoms with E-state index in [1.165, 1.54) is 18.3 Å². The van der Waals surface area contributed by atoms with Gasteiger partial charge in [0.25, 0.3) is 0 Å². The van der Waals surface area contributed by atoms with Crippen LogP contribution in [0, 0.1) is 0 Å². The molecule has 0 radical (unpaired) electrons. The number of carbonyl (C=O) groups excluding carboxylic acids is 1. The molecule has 0 aromatic carbocycles. The predicted octanol–water partition coefficient (Wildman–Crippen LogP) is -1.41. The van der Waals surface area contributed by atoms with Gasteiger partial charge in [-0.25, -0.2) is 0 Å². The smallest absolute Gasteiger partial charge is 0.309 e. The lowest BCUT2D eigenvalue weighted by atomic mass is 10.1. The van der Waals surface area contributed by atoms with Crippen molar-refractivity contribution in [2.24, 2.45) is 5.73 Å². The topological polar surface area (TPSA) is 134 Å². The lowest BCUT2D eigenvalue weighted by molar-refractivity contribution is -0.136. The van der Waals surface area contributed by atoms with E-state index in [1.807, 2.05) is 0 Å². The molecule has 1 heterocycles. The van der Waals surface area contributed by atoms with Gasteiger partial charge in [0.2, 0.25) is 5.91 Å². The van der Waals surface area contributed by atoms with Crippen molar-refractivity contribution < 1.29 is 24.9 Å². The predicted molar refractivity (Wildman–Crippen MR) is 55.7 cm³/mol. The third kappa shape index (κ3) is 3.51. The highest BCUT2D eigenvalue weighted by Gasteiger charge is 2.23. The summed E-state index contributed by atoms with van der Waals surface area (Å²) in [5.74, 6) is -2.07. The van der Waals surface area contributed by atoms with Crippen molar-refractivity contribution in [3.05, 3.63) is 29.6 Å². The zero-order valence-electron chi connectivity index (χ0n) is 8.78. The average molecular weight is 240 g/mol. The van der Waals surface area contributed by atoms with E-state index in [1.54, 1.807) is 0 Å². The van der Waals surface area contributed by atoms with Crippen LogP contribution < -0.4 is 5.73 Å². The number of aliphatic carboxylic acids is 1. The molecule has 1 aromatic heterocycles. The standard InChI is InChI=1S/C10H12N2O5/c11-10(17)9(16)8(15)5-1-2-6(12-4-5)3-7(13)14/h1-2,4,8-9,15-16H,3H2,(H2,11,17)(H,13,14). The first kappa shape index (κ1) is 13.1. The largest absolute Gasteiger partial charge is 0.481 e. The average Bonchev–Trinajstić information content (AvgIpc) is 2.27. The molecule has 0 spiro atoms. The van der Waals surface area contributed by atoms with E-state index < -0.39 is 24.1 Å². The highest BCUT2D eigenvalue weighted by atomic mass is 16.4. The van der Waals surface area contributed by atoms with Crippen LogP contribution in [0.15, 0.2) is 18.3 Å². The highest BCUT2D eigenvalue weighted by molar-refractivity contribution is 5.79. The zero-order chi connectivity index (χ0) is 13.0. The molecule has 17 heavy (non-hydrogen) atoms. The van der Waals surface area contributed by atoms with E-state index in [0.29, 0.717) is 5.69 Å². The van der Waals surface area contributed by atoms with Crippen molar-refractivity contribution >= 4 is 11.9 Å². The maximum absolute atomic E-state index is 10.6. The highest BCUT2D eigenvalue weighted by Crippen LogP contribution is 2.16. The first-order chi connectivity index (χ1) is 7.91. The van der Waals surface area contributed by atoms with Gasteiger partial charge in [-0.05, 0) is 6.07 Å². The number of nitrogens with zero attached hydrogens (tertiary/aromatic N) is 1. The molecule has 0 bridgehead atoms. The summed E-state index contributed by atoms with van der Waals surface area (Å²) in [7, 11) is 0. The molecule has 1 rings (SSSR count). The minimum absolute atomic E-state index is 0.186. The summed E-state index contributed by atoms with van der Waals surface area (Å²) in [6.07, 6.45) is -2.25. The van der Waals surface area contributed by atoms with E-state index in [-0.39, 0.29) is 12.0 Å². The lowest BCUT2D eigenvalue weighted by Gasteiger charge is -2.14. The van der Waals surface area contributed by atoms with Gasteiger partial charge < -0.3 is 21.1 Å². The van der Waals surface area contributed by atoms with Crippen molar-refractivity contribution in [3.8, 4) is 0 Å². The number of carboxylic acid groups (broad SMARTS) is 1. The minimum Gasteiger partial charge on any atom is -0.481 e. The molecule has 0 aliphatic rings. The number of hydrogen-bond donors (Lipinski definition) is 4. The Kier molecular flexibility index (Phi) is 4.13. The molecule has 5 N–H and O–H groups in total. The molecule has 92 valence electrons. The number of aromatic nitrogens is 1. The van der Waals surface area contributed by atoms with Gasteiger partial charge in [0.05, 0.1) is 12.1 Å². The number of primary amides is 1. The van der Waals surface area contributed by atoms with Gasteiger partial charge >= 0.3 is 5.97 Å². The van der Waals surface area contributed by atoms with Crippen molar-refractivity contribution in [1.29, 1.82) is 0 Å². The maximum Gasteiger partial charge on any atom is 0.309 e.